The number of carbonyl (C=O) groups excluding carboxylic acids is 3. The quantitative estimate of drug-likeness (QED) is 0.345. The van der Waals surface area contributed by atoms with Crippen LogP contribution in [-0.4, -0.2) is 65.0 Å². The van der Waals surface area contributed by atoms with Gasteiger partial charge in [0.15, 0.2) is 5.17 Å². The predicted octanol–water partition coefficient (Wildman–Crippen LogP) is 3.90. The molecule has 9 heteroatoms. The molecule has 0 radical (unpaired) electrons. The standard InChI is InChI=1S/C29H43N5O3S/c1-33(2)19-21-13-15-22(16-14-21)20-34-17-18-38-29(34)32-31-28(37)26(35)25(23-9-5-3-6-10-23)30-27(36)24-11-7-4-8-12-24/h13-16,23-25H,3-12,17-20H2,1-2H3,(H,30,36)(H,31,37)/b32-29-. The number of hydrogen-bond donors (Lipinski definition) is 2. The molecule has 3 aliphatic rings. The highest BCUT2D eigenvalue weighted by Gasteiger charge is 2.36. The Labute approximate surface area is 231 Å². The molecule has 8 nitrogen and oxygen atoms in total. The number of Topliss-reactive ketones (excluding diaryl/α,β-unsaturated/α-hetero) is 1. The Bertz CT molecular complexity index is 984. The number of nitrogens with zero attached hydrogens (tertiary/aromatic N) is 3. The second kappa shape index (κ2) is 14.1. The molecule has 2 N–H and O–H groups in total. The maximum atomic E-state index is 13.3. The molecule has 0 aromatic heterocycles. The Balaban J connectivity index is 1.37. The number of hydrazone groups is 1. The Morgan fingerprint density at radius 1 is 0.974 bits per heavy atom. The number of amides is 2. The average molecular weight is 542 g/mol. The highest BCUT2D eigenvalue weighted by molar-refractivity contribution is 8.14. The van der Waals surface area contributed by atoms with Crippen LogP contribution in [0.15, 0.2) is 29.4 Å². The predicted molar refractivity (Wildman–Crippen MR) is 152 cm³/mol. The lowest BCUT2D eigenvalue weighted by Gasteiger charge is -2.31. The van der Waals surface area contributed by atoms with Crippen LogP contribution >= 0.6 is 11.8 Å². The van der Waals surface area contributed by atoms with Gasteiger partial charge in [0.2, 0.25) is 11.7 Å². The first kappa shape index (κ1) is 28.6. The third-order valence-corrected chi connectivity index (χ3v) is 8.91. The highest BCUT2D eigenvalue weighted by Crippen LogP contribution is 2.29. The topological polar surface area (TPSA) is 94.1 Å². The van der Waals surface area contributed by atoms with Gasteiger partial charge in [-0.1, -0.05) is 74.6 Å². The molecule has 38 heavy (non-hydrogen) atoms. The molecule has 0 bridgehead atoms. The van der Waals surface area contributed by atoms with Crippen LogP contribution < -0.4 is 10.7 Å². The van der Waals surface area contributed by atoms with Gasteiger partial charge in [0.05, 0.1) is 0 Å². The number of benzene rings is 1. The normalized spacial score (nSPS) is 21.0. The van der Waals surface area contributed by atoms with E-state index in [4.69, 9.17) is 0 Å². The van der Waals surface area contributed by atoms with Gasteiger partial charge in [-0.15, -0.1) is 5.10 Å². The minimum Gasteiger partial charge on any atom is -0.345 e. The van der Waals surface area contributed by atoms with Crippen LogP contribution in [0.5, 0.6) is 0 Å². The van der Waals surface area contributed by atoms with Gasteiger partial charge < -0.3 is 15.1 Å². The zero-order valence-electron chi connectivity index (χ0n) is 22.9. The number of ketones is 1. The summed E-state index contributed by atoms with van der Waals surface area (Å²) in [6.07, 6.45) is 9.90. The third-order valence-electron chi connectivity index (χ3n) is 7.91. The van der Waals surface area contributed by atoms with Crippen molar-refractivity contribution in [2.45, 2.75) is 83.3 Å². The van der Waals surface area contributed by atoms with Crippen LogP contribution in [0.2, 0.25) is 0 Å². The second-order valence-corrected chi connectivity index (χ2v) is 12.3. The summed E-state index contributed by atoms with van der Waals surface area (Å²) in [4.78, 5) is 43.6. The van der Waals surface area contributed by atoms with Crippen molar-refractivity contribution in [2.75, 3.05) is 26.4 Å². The summed E-state index contributed by atoms with van der Waals surface area (Å²) < 4.78 is 0. The van der Waals surface area contributed by atoms with Crippen LogP contribution in [0, 0.1) is 11.8 Å². The Morgan fingerprint density at radius 3 is 2.26 bits per heavy atom. The number of thioether (sulfide) groups is 1. The molecule has 0 spiro atoms. The van der Waals surface area contributed by atoms with Crippen molar-refractivity contribution in [1.82, 2.24) is 20.5 Å². The number of hydrogen-bond acceptors (Lipinski definition) is 6. The molecule has 2 saturated carbocycles. The molecule has 1 atom stereocenters. The number of amidine groups is 1. The summed E-state index contributed by atoms with van der Waals surface area (Å²) in [5.41, 5.74) is 4.96. The monoisotopic (exact) mass is 541 g/mol. The van der Waals surface area contributed by atoms with Crippen molar-refractivity contribution < 1.29 is 14.4 Å². The molecule has 1 aliphatic heterocycles. The zero-order valence-corrected chi connectivity index (χ0v) is 23.7. The molecule has 3 fully saturated rings. The smallest absolute Gasteiger partial charge is 0.309 e. The van der Waals surface area contributed by atoms with Gasteiger partial charge in [-0.3, -0.25) is 14.4 Å². The summed E-state index contributed by atoms with van der Waals surface area (Å²) in [7, 11) is 4.11. The van der Waals surface area contributed by atoms with Crippen LogP contribution in [0.25, 0.3) is 0 Å². The van der Waals surface area contributed by atoms with Crippen LogP contribution in [0.1, 0.15) is 75.3 Å². The molecule has 4 rings (SSSR count). The van der Waals surface area contributed by atoms with Gasteiger partial charge in [-0.05, 0) is 56.8 Å². The molecule has 208 valence electrons. The van der Waals surface area contributed by atoms with Gasteiger partial charge in [-0.25, -0.2) is 5.43 Å². The van der Waals surface area contributed by atoms with Gasteiger partial charge in [0.1, 0.15) is 6.04 Å². The summed E-state index contributed by atoms with van der Waals surface area (Å²) in [6, 6.07) is 7.78. The van der Waals surface area contributed by atoms with Crippen LogP contribution in [0.4, 0.5) is 0 Å². The summed E-state index contributed by atoms with van der Waals surface area (Å²) >= 11 is 1.57. The SMILES string of the molecule is CN(C)Cc1ccc(CN2CCS/C2=N\NC(=O)C(=O)C(NC(=O)C2CCCCC2)C2CCCCC2)cc1. The molecule has 2 aliphatic carbocycles. The molecular formula is C29H43N5O3S. The van der Waals surface area contributed by atoms with E-state index in [1.54, 1.807) is 11.8 Å². The van der Waals surface area contributed by atoms with Crippen molar-refractivity contribution in [1.29, 1.82) is 0 Å². The van der Waals surface area contributed by atoms with E-state index in [-0.39, 0.29) is 17.7 Å². The van der Waals surface area contributed by atoms with Crippen molar-refractivity contribution in [2.24, 2.45) is 16.9 Å². The van der Waals surface area contributed by atoms with Gasteiger partial charge in [-0.2, -0.15) is 0 Å². The second-order valence-electron chi connectivity index (χ2n) is 11.2. The Hall–Kier alpha value is -2.39. The highest BCUT2D eigenvalue weighted by atomic mass is 32.2. The fraction of sp³-hybridized carbons (Fsp3) is 0.655. The summed E-state index contributed by atoms with van der Waals surface area (Å²) in [6.45, 7) is 2.42. The first-order valence-corrected chi connectivity index (χ1v) is 15.2. The minimum absolute atomic E-state index is 0.00927. The van der Waals surface area contributed by atoms with E-state index in [2.05, 4.69) is 64.0 Å². The Morgan fingerprint density at radius 2 is 1.61 bits per heavy atom. The van der Waals surface area contributed by atoms with Crippen molar-refractivity contribution >= 4 is 34.5 Å². The maximum absolute atomic E-state index is 13.3. The molecule has 1 aromatic rings. The van der Waals surface area contributed by atoms with E-state index in [9.17, 15) is 14.4 Å². The van der Waals surface area contributed by atoms with Gasteiger partial charge in [0, 0.05) is 31.3 Å². The molecule has 1 saturated heterocycles. The minimum atomic E-state index is -0.766. The largest absolute Gasteiger partial charge is 0.345 e. The fourth-order valence-corrected chi connectivity index (χ4v) is 6.76. The average Bonchev–Trinajstić information content (AvgIpc) is 3.38. The van der Waals surface area contributed by atoms with E-state index < -0.39 is 17.7 Å². The fourth-order valence-electron chi connectivity index (χ4n) is 5.82. The van der Waals surface area contributed by atoms with Crippen molar-refractivity contribution in [3.05, 3.63) is 35.4 Å². The first-order valence-electron chi connectivity index (χ1n) is 14.2. The Kier molecular flexibility index (Phi) is 10.6. The maximum Gasteiger partial charge on any atom is 0.309 e. The number of carbonyl (C=O) groups is 3. The number of rotatable bonds is 10. The zero-order chi connectivity index (χ0) is 26.9. The van der Waals surface area contributed by atoms with E-state index >= 15 is 0 Å². The van der Waals surface area contributed by atoms with E-state index in [1.807, 2.05) is 0 Å². The van der Waals surface area contributed by atoms with Crippen LogP contribution in [-0.2, 0) is 27.5 Å². The summed E-state index contributed by atoms with van der Waals surface area (Å²) in [5.74, 6) is -0.541. The van der Waals surface area contributed by atoms with Crippen LogP contribution in [0.3, 0.4) is 0 Å². The lowest BCUT2D eigenvalue weighted by Crippen LogP contribution is -2.52. The van der Waals surface area contributed by atoms with Gasteiger partial charge in [0.25, 0.3) is 0 Å². The molecule has 1 aromatic carbocycles. The van der Waals surface area contributed by atoms with E-state index in [0.717, 1.165) is 83.1 Å². The lowest BCUT2D eigenvalue weighted by molar-refractivity contribution is -0.141. The van der Waals surface area contributed by atoms with E-state index in [0.29, 0.717) is 11.7 Å². The summed E-state index contributed by atoms with van der Waals surface area (Å²) in [5, 5.41) is 8.06. The number of nitrogens with one attached hydrogen (secondary N) is 2. The first-order chi connectivity index (χ1) is 18.4. The van der Waals surface area contributed by atoms with Crippen molar-refractivity contribution in [3.63, 3.8) is 0 Å². The van der Waals surface area contributed by atoms with Crippen molar-refractivity contribution in [3.8, 4) is 0 Å². The molecule has 1 unspecified atom stereocenters. The molecule has 2 amide bonds. The molecule has 1 heterocycles. The third kappa shape index (κ3) is 8.06. The van der Waals surface area contributed by atoms with Gasteiger partial charge >= 0.3 is 5.91 Å². The molecular weight excluding hydrogens is 498 g/mol. The lowest BCUT2D eigenvalue weighted by atomic mass is 9.81. The van der Waals surface area contributed by atoms with E-state index in [1.165, 1.54) is 11.1 Å².